The van der Waals surface area contributed by atoms with E-state index in [0.29, 0.717) is 18.0 Å². The smallest absolute Gasteiger partial charge is 0.289 e. The van der Waals surface area contributed by atoms with E-state index >= 15 is 0 Å². The number of hydrazone groups is 1. The molecule has 27 heavy (non-hydrogen) atoms. The van der Waals surface area contributed by atoms with Gasteiger partial charge in [0.05, 0.1) is 18.5 Å². The molecule has 0 spiro atoms. The summed E-state index contributed by atoms with van der Waals surface area (Å²) in [6, 6.07) is 17.3. The molecule has 1 aromatic heterocycles. The van der Waals surface area contributed by atoms with Crippen molar-refractivity contribution in [3.05, 3.63) is 71.4 Å². The molecule has 0 atom stereocenters. The van der Waals surface area contributed by atoms with E-state index in [2.05, 4.69) is 27.6 Å². The fourth-order valence-corrected chi connectivity index (χ4v) is 2.56. The fourth-order valence-electron chi connectivity index (χ4n) is 2.56. The summed E-state index contributed by atoms with van der Waals surface area (Å²) in [6.45, 7) is 4.63. The minimum absolute atomic E-state index is 0.338. The van der Waals surface area contributed by atoms with Crippen LogP contribution in [0.3, 0.4) is 0 Å². The van der Waals surface area contributed by atoms with Crippen molar-refractivity contribution in [2.24, 2.45) is 5.10 Å². The summed E-state index contributed by atoms with van der Waals surface area (Å²) in [5.74, 6) is 0.416. The Morgan fingerprint density at radius 1 is 1.19 bits per heavy atom. The van der Waals surface area contributed by atoms with Crippen LogP contribution in [0.1, 0.15) is 35.5 Å². The van der Waals surface area contributed by atoms with E-state index in [1.54, 1.807) is 12.3 Å². The van der Waals surface area contributed by atoms with Crippen LogP contribution in [-0.4, -0.2) is 28.9 Å². The Morgan fingerprint density at radius 3 is 2.74 bits per heavy atom. The molecule has 0 aliphatic carbocycles. The SMILES string of the molecule is CCOc1cccc(-c2cc(C(=O)N/N=C/c3ccc(CC)cc3)[nH]n2)c1. The molecule has 1 amide bonds. The summed E-state index contributed by atoms with van der Waals surface area (Å²) in [6.07, 6.45) is 2.60. The summed E-state index contributed by atoms with van der Waals surface area (Å²) in [5.41, 5.74) is 6.56. The molecule has 138 valence electrons. The molecule has 3 rings (SSSR count). The Labute approximate surface area is 158 Å². The van der Waals surface area contributed by atoms with Gasteiger partial charge in [0.2, 0.25) is 0 Å². The van der Waals surface area contributed by atoms with Gasteiger partial charge >= 0.3 is 0 Å². The van der Waals surface area contributed by atoms with Crippen LogP contribution in [0.25, 0.3) is 11.3 Å². The number of H-pyrrole nitrogens is 1. The Balaban J connectivity index is 1.64. The van der Waals surface area contributed by atoms with Crippen LogP contribution in [0.2, 0.25) is 0 Å². The van der Waals surface area contributed by atoms with Gasteiger partial charge in [-0.25, -0.2) is 5.43 Å². The first kappa shape index (κ1) is 18.4. The maximum absolute atomic E-state index is 12.2. The van der Waals surface area contributed by atoms with Crippen molar-refractivity contribution in [2.45, 2.75) is 20.3 Å². The second-order valence-corrected chi connectivity index (χ2v) is 5.92. The predicted octanol–water partition coefficient (Wildman–Crippen LogP) is 3.80. The first-order chi connectivity index (χ1) is 13.2. The number of hydrogen-bond acceptors (Lipinski definition) is 4. The summed E-state index contributed by atoms with van der Waals surface area (Å²) in [5, 5.41) is 10.9. The molecule has 0 saturated heterocycles. The monoisotopic (exact) mass is 362 g/mol. The molecule has 0 bridgehead atoms. The number of aromatic amines is 1. The topological polar surface area (TPSA) is 79.4 Å². The van der Waals surface area contributed by atoms with Crippen LogP contribution in [0.5, 0.6) is 5.75 Å². The van der Waals surface area contributed by atoms with Gasteiger partial charge in [-0.05, 0) is 42.7 Å². The van der Waals surface area contributed by atoms with Crippen LogP contribution in [-0.2, 0) is 6.42 Å². The lowest BCUT2D eigenvalue weighted by atomic mass is 10.1. The molecular weight excluding hydrogens is 340 g/mol. The Morgan fingerprint density at radius 2 is 2.00 bits per heavy atom. The minimum atomic E-state index is -0.351. The zero-order chi connectivity index (χ0) is 19.1. The summed E-state index contributed by atoms with van der Waals surface area (Å²) < 4.78 is 5.50. The van der Waals surface area contributed by atoms with Crippen molar-refractivity contribution in [2.75, 3.05) is 6.61 Å². The van der Waals surface area contributed by atoms with Gasteiger partial charge in [-0.2, -0.15) is 10.2 Å². The highest BCUT2D eigenvalue weighted by Gasteiger charge is 2.11. The third-order valence-electron chi connectivity index (χ3n) is 4.03. The number of carbonyl (C=O) groups is 1. The number of amides is 1. The van der Waals surface area contributed by atoms with Gasteiger partial charge < -0.3 is 4.74 Å². The van der Waals surface area contributed by atoms with Gasteiger partial charge in [0, 0.05) is 5.56 Å². The molecule has 0 aliphatic heterocycles. The van der Waals surface area contributed by atoms with Crippen molar-refractivity contribution in [1.82, 2.24) is 15.6 Å². The molecular formula is C21H22N4O2. The molecule has 0 unspecified atom stereocenters. The normalized spacial score (nSPS) is 10.9. The van der Waals surface area contributed by atoms with Crippen molar-refractivity contribution in [1.29, 1.82) is 0 Å². The lowest BCUT2D eigenvalue weighted by Crippen LogP contribution is -2.17. The van der Waals surface area contributed by atoms with Gasteiger partial charge in [0.25, 0.3) is 5.91 Å². The first-order valence-corrected chi connectivity index (χ1v) is 8.90. The van der Waals surface area contributed by atoms with Gasteiger partial charge in [0.15, 0.2) is 0 Å². The van der Waals surface area contributed by atoms with E-state index in [0.717, 1.165) is 23.3 Å². The summed E-state index contributed by atoms with van der Waals surface area (Å²) in [7, 11) is 0. The maximum Gasteiger partial charge on any atom is 0.289 e. The van der Waals surface area contributed by atoms with E-state index in [1.165, 1.54) is 5.56 Å². The van der Waals surface area contributed by atoms with Crippen molar-refractivity contribution < 1.29 is 9.53 Å². The highest BCUT2D eigenvalue weighted by Crippen LogP contribution is 2.22. The van der Waals surface area contributed by atoms with Crippen LogP contribution >= 0.6 is 0 Å². The van der Waals surface area contributed by atoms with Crippen LogP contribution in [0.4, 0.5) is 0 Å². The van der Waals surface area contributed by atoms with E-state index in [-0.39, 0.29) is 5.91 Å². The zero-order valence-electron chi connectivity index (χ0n) is 15.4. The van der Waals surface area contributed by atoms with Crippen molar-refractivity contribution >= 4 is 12.1 Å². The maximum atomic E-state index is 12.2. The molecule has 6 nitrogen and oxygen atoms in total. The van der Waals surface area contributed by atoms with Crippen molar-refractivity contribution in [3.8, 4) is 17.0 Å². The molecule has 0 saturated carbocycles. The summed E-state index contributed by atoms with van der Waals surface area (Å²) in [4.78, 5) is 12.2. The van der Waals surface area contributed by atoms with Crippen LogP contribution in [0.15, 0.2) is 59.7 Å². The van der Waals surface area contributed by atoms with Gasteiger partial charge in [-0.15, -0.1) is 0 Å². The average Bonchev–Trinajstić information content (AvgIpc) is 3.19. The number of hydrogen-bond donors (Lipinski definition) is 2. The number of aromatic nitrogens is 2. The van der Waals surface area contributed by atoms with E-state index in [9.17, 15) is 4.79 Å². The van der Waals surface area contributed by atoms with Crippen molar-refractivity contribution in [3.63, 3.8) is 0 Å². The molecule has 0 radical (unpaired) electrons. The Kier molecular flexibility index (Phi) is 5.99. The van der Waals surface area contributed by atoms with E-state index in [1.807, 2.05) is 55.5 Å². The lowest BCUT2D eigenvalue weighted by Gasteiger charge is -2.03. The standard InChI is InChI=1S/C21H22N4O2/c1-3-15-8-10-16(11-9-15)14-22-25-21(26)20-13-19(23-24-20)17-6-5-7-18(12-17)27-4-2/h5-14H,3-4H2,1-2H3,(H,23,24)(H,25,26)/b22-14+. The molecule has 6 heteroatoms. The van der Waals surface area contributed by atoms with E-state index < -0.39 is 0 Å². The molecule has 2 N–H and O–H groups in total. The number of aryl methyl sites for hydroxylation is 1. The predicted molar refractivity (Wildman–Crippen MR) is 106 cm³/mol. The third-order valence-corrected chi connectivity index (χ3v) is 4.03. The molecule has 0 fully saturated rings. The van der Waals surface area contributed by atoms with Gasteiger partial charge in [-0.1, -0.05) is 43.3 Å². The molecule has 3 aromatic rings. The average molecular weight is 362 g/mol. The number of carbonyl (C=O) groups excluding carboxylic acids is 1. The Bertz CT molecular complexity index is 929. The largest absolute Gasteiger partial charge is 0.494 e. The molecule has 0 aliphatic rings. The second-order valence-electron chi connectivity index (χ2n) is 5.92. The highest BCUT2D eigenvalue weighted by molar-refractivity contribution is 5.94. The molecule has 2 aromatic carbocycles. The Hall–Kier alpha value is -3.41. The second kappa shape index (κ2) is 8.80. The number of benzene rings is 2. The number of rotatable bonds is 7. The molecule has 1 heterocycles. The van der Waals surface area contributed by atoms with Gasteiger partial charge in [-0.3, -0.25) is 9.89 Å². The number of nitrogens with zero attached hydrogens (tertiary/aromatic N) is 2. The summed E-state index contributed by atoms with van der Waals surface area (Å²) >= 11 is 0. The van der Waals surface area contributed by atoms with Gasteiger partial charge in [0.1, 0.15) is 11.4 Å². The lowest BCUT2D eigenvalue weighted by molar-refractivity contribution is 0.0950. The van der Waals surface area contributed by atoms with Crippen LogP contribution in [0, 0.1) is 0 Å². The minimum Gasteiger partial charge on any atom is -0.494 e. The quantitative estimate of drug-likeness (QED) is 0.495. The zero-order valence-corrected chi connectivity index (χ0v) is 15.4. The highest BCUT2D eigenvalue weighted by atomic mass is 16.5. The first-order valence-electron chi connectivity index (χ1n) is 8.90. The fraction of sp³-hybridized carbons (Fsp3) is 0.190. The van der Waals surface area contributed by atoms with Crippen LogP contribution < -0.4 is 10.2 Å². The van der Waals surface area contributed by atoms with E-state index in [4.69, 9.17) is 4.74 Å². The number of nitrogens with one attached hydrogen (secondary N) is 2. The number of ether oxygens (including phenoxy) is 1. The third kappa shape index (κ3) is 4.82.